The maximum atomic E-state index is 6.12. The summed E-state index contributed by atoms with van der Waals surface area (Å²) in [7, 11) is 1.97. The summed E-state index contributed by atoms with van der Waals surface area (Å²) in [5, 5.41) is 4.56. The van der Waals surface area contributed by atoms with Crippen LogP contribution in [0.2, 0.25) is 10.0 Å². The average molecular weight is 308 g/mol. The number of aryl methyl sites for hydroxylation is 2. The van der Waals surface area contributed by atoms with Crippen LogP contribution in [-0.4, -0.2) is 7.05 Å². The molecule has 0 fully saturated rings. The smallest absolute Gasteiger partial charge is 0.0595 e. The highest BCUT2D eigenvalue weighted by Crippen LogP contribution is 2.28. The van der Waals surface area contributed by atoms with Crippen molar-refractivity contribution in [2.45, 2.75) is 26.3 Å². The molecule has 0 amide bonds. The lowest BCUT2D eigenvalue weighted by Crippen LogP contribution is -2.19. The Labute approximate surface area is 130 Å². The fourth-order valence-corrected chi connectivity index (χ4v) is 2.80. The van der Waals surface area contributed by atoms with E-state index in [1.807, 2.05) is 25.2 Å². The minimum Gasteiger partial charge on any atom is -0.313 e. The van der Waals surface area contributed by atoms with Crippen LogP contribution in [0.4, 0.5) is 0 Å². The summed E-state index contributed by atoms with van der Waals surface area (Å²) in [6.45, 7) is 4.31. The van der Waals surface area contributed by atoms with Gasteiger partial charge in [-0.1, -0.05) is 47.5 Å². The quantitative estimate of drug-likeness (QED) is 0.827. The zero-order valence-electron chi connectivity index (χ0n) is 12.0. The molecule has 106 valence electrons. The fourth-order valence-electron chi connectivity index (χ4n) is 2.49. The van der Waals surface area contributed by atoms with Crippen molar-refractivity contribution in [1.29, 1.82) is 0 Å². The minimum atomic E-state index is 0.226. The highest BCUT2D eigenvalue weighted by Gasteiger charge is 2.14. The lowest BCUT2D eigenvalue weighted by atomic mass is 9.93. The van der Waals surface area contributed by atoms with Crippen molar-refractivity contribution in [3.63, 3.8) is 0 Å². The van der Waals surface area contributed by atoms with Gasteiger partial charge in [0, 0.05) is 6.04 Å². The Morgan fingerprint density at radius 1 is 1.00 bits per heavy atom. The van der Waals surface area contributed by atoms with E-state index < -0.39 is 0 Å². The Kier molecular flexibility index (Phi) is 5.09. The summed E-state index contributed by atoms with van der Waals surface area (Å²) in [6, 6.07) is 12.5. The SMILES string of the molecule is CNC(Cc1c(C)cccc1C)c1ccc(Cl)c(Cl)c1. The van der Waals surface area contributed by atoms with Crippen molar-refractivity contribution in [3.8, 4) is 0 Å². The number of likely N-dealkylation sites (N-methyl/N-ethyl adjacent to an activating group) is 1. The van der Waals surface area contributed by atoms with Gasteiger partial charge in [0.15, 0.2) is 0 Å². The van der Waals surface area contributed by atoms with Crippen LogP contribution in [0.1, 0.15) is 28.3 Å². The molecule has 1 atom stereocenters. The summed E-state index contributed by atoms with van der Waals surface area (Å²) in [6.07, 6.45) is 0.937. The first-order chi connectivity index (χ1) is 9.52. The molecule has 1 N–H and O–H groups in total. The van der Waals surface area contributed by atoms with Crippen molar-refractivity contribution in [1.82, 2.24) is 5.32 Å². The zero-order chi connectivity index (χ0) is 14.7. The third-order valence-electron chi connectivity index (χ3n) is 3.75. The van der Waals surface area contributed by atoms with E-state index in [1.54, 1.807) is 0 Å². The summed E-state index contributed by atoms with van der Waals surface area (Å²) in [4.78, 5) is 0. The molecule has 3 heteroatoms. The number of hydrogen-bond donors (Lipinski definition) is 1. The Balaban J connectivity index is 2.31. The number of hydrogen-bond acceptors (Lipinski definition) is 1. The van der Waals surface area contributed by atoms with E-state index in [9.17, 15) is 0 Å². The first kappa shape index (κ1) is 15.4. The van der Waals surface area contributed by atoms with Crippen LogP contribution >= 0.6 is 23.2 Å². The van der Waals surface area contributed by atoms with Gasteiger partial charge < -0.3 is 5.32 Å². The van der Waals surface area contributed by atoms with E-state index in [2.05, 4.69) is 37.4 Å². The molecule has 1 unspecified atom stereocenters. The average Bonchev–Trinajstić information content (AvgIpc) is 2.42. The fraction of sp³-hybridized carbons (Fsp3) is 0.294. The molecule has 1 nitrogen and oxygen atoms in total. The van der Waals surface area contributed by atoms with E-state index >= 15 is 0 Å². The predicted octanol–water partition coefficient (Wildman–Crippen LogP) is 5.11. The molecule has 0 aliphatic rings. The van der Waals surface area contributed by atoms with Crippen LogP contribution < -0.4 is 5.32 Å². The predicted molar refractivity (Wildman–Crippen MR) is 87.9 cm³/mol. The van der Waals surface area contributed by atoms with Gasteiger partial charge in [0.1, 0.15) is 0 Å². The molecule has 0 spiro atoms. The Morgan fingerprint density at radius 2 is 1.65 bits per heavy atom. The largest absolute Gasteiger partial charge is 0.313 e. The molecule has 2 rings (SSSR count). The van der Waals surface area contributed by atoms with E-state index in [0.29, 0.717) is 10.0 Å². The molecule has 0 aromatic heterocycles. The first-order valence-electron chi connectivity index (χ1n) is 6.70. The van der Waals surface area contributed by atoms with Gasteiger partial charge in [-0.15, -0.1) is 0 Å². The van der Waals surface area contributed by atoms with Gasteiger partial charge in [0.25, 0.3) is 0 Å². The van der Waals surface area contributed by atoms with Gasteiger partial charge in [-0.3, -0.25) is 0 Å². The highest BCUT2D eigenvalue weighted by molar-refractivity contribution is 6.42. The molecule has 0 heterocycles. The van der Waals surface area contributed by atoms with Crippen molar-refractivity contribution in [2.24, 2.45) is 0 Å². The highest BCUT2D eigenvalue weighted by atomic mass is 35.5. The van der Waals surface area contributed by atoms with Crippen LogP contribution in [0.3, 0.4) is 0 Å². The summed E-state index contributed by atoms with van der Waals surface area (Å²) >= 11 is 12.1. The lowest BCUT2D eigenvalue weighted by molar-refractivity contribution is 0.589. The Morgan fingerprint density at radius 3 is 2.20 bits per heavy atom. The molecule has 0 saturated carbocycles. The molecule has 2 aromatic rings. The first-order valence-corrected chi connectivity index (χ1v) is 7.46. The second-order valence-corrected chi connectivity index (χ2v) is 5.90. The lowest BCUT2D eigenvalue weighted by Gasteiger charge is -2.20. The minimum absolute atomic E-state index is 0.226. The Hall–Kier alpha value is -1.02. The summed E-state index contributed by atoms with van der Waals surface area (Å²) < 4.78 is 0. The third-order valence-corrected chi connectivity index (χ3v) is 4.49. The second-order valence-electron chi connectivity index (χ2n) is 5.09. The number of rotatable bonds is 4. The van der Waals surface area contributed by atoms with Gasteiger partial charge in [-0.2, -0.15) is 0 Å². The molecule has 2 aromatic carbocycles. The normalized spacial score (nSPS) is 12.4. The summed E-state index contributed by atoms with van der Waals surface area (Å²) in [5.41, 5.74) is 5.19. The van der Waals surface area contributed by atoms with Gasteiger partial charge in [0.2, 0.25) is 0 Å². The van der Waals surface area contributed by atoms with Crippen LogP contribution in [0.15, 0.2) is 36.4 Å². The standard InChI is InChI=1S/C17H19Cl2N/c1-11-5-4-6-12(2)14(11)10-17(20-3)13-7-8-15(18)16(19)9-13/h4-9,17,20H,10H2,1-3H3. The van der Waals surface area contributed by atoms with Crippen LogP contribution in [0, 0.1) is 13.8 Å². The maximum Gasteiger partial charge on any atom is 0.0595 e. The van der Waals surface area contributed by atoms with E-state index in [-0.39, 0.29) is 6.04 Å². The number of nitrogens with one attached hydrogen (secondary N) is 1. The van der Waals surface area contributed by atoms with Crippen molar-refractivity contribution >= 4 is 23.2 Å². The summed E-state index contributed by atoms with van der Waals surface area (Å²) in [5.74, 6) is 0. The topological polar surface area (TPSA) is 12.0 Å². The third kappa shape index (κ3) is 3.35. The molecule has 0 saturated heterocycles. The Bertz CT molecular complexity index is 588. The molecular weight excluding hydrogens is 289 g/mol. The molecule has 0 radical (unpaired) electrons. The molecule has 0 bridgehead atoms. The van der Waals surface area contributed by atoms with Crippen molar-refractivity contribution < 1.29 is 0 Å². The van der Waals surface area contributed by atoms with Crippen LogP contribution in [0.25, 0.3) is 0 Å². The van der Waals surface area contributed by atoms with E-state index in [4.69, 9.17) is 23.2 Å². The number of benzene rings is 2. The van der Waals surface area contributed by atoms with Gasteiger partial charge in [-0.05, 0) is 61.7 Å². The second kappa shape index (κ2) is 6.62. The van der Waals surface area contributed by atoms with Gasteiger partial charge in [0.05, 0.1) is 10.0 Å². The van der Waals surface area contributed by atoms with Crippen LogP contribution in [-0.2, 0) is 6.42 Å². The molecule has 0 aliphatic carbocycles. The van der Waals surface area contributed by atoms with E-state index in [1.165, 1.54) is 16.7 Å². The zero-order valence-corrected chi connectivity index (χ0v) is 13.5. The van der Waals surface area contributed by atoms with Gasteiger partial charge >= 0.3 is 0 Å². The van der Waals surface area contributed by atoms with Crippen molar-refractivity contribution in [3.05, 3.63) is 68.7 Å². The van der Waals surface area contributed by atoms with Crippen molar-refractivity contribution in [2.75, 3.05) is 7.05 Å². The molecule has 0 aliphatic heterocycles. The number of halogens is 2. The molecule has 20 heavy (non-hydrogen) atoms. The van der Waals surface area contributed by atoms with Gasteiger partial charge in [-0.25, -0.2) is 0 Å². The molecular formula is C17H19Cl2N. The maximum absolute atomic E-state index is 6.12. The van der Waals surface area contributed by atoms with E-state index in [0.717, 1.165) is 12.0 Å². The monoisotopic (exact) mass is 307 g/mol. The van der Waals surface area contributed by atoms with Crippen LogP contribution in [0.5, 0.6) is 0 Å².